The quantitative estimate of drug-likeness (QED) is 0.683. The van der Waals surface area contributed by atoms with Crippen molar-refractivity contribution in [2.75, 3.05) is 23.8 Å². The molecule has 0 spiro atoms. The minimum Gasteiger partial charge on any atom is -0.394 e. The Kier molecular flexibility index (Phi) is 6.51. The van der Waals surface area contributed by atoms with Gasteiger partial charge in [0.15, 0.2) is 0 Å². The first-order chi connectivity index (χ1) is 9.10. The van der Waals surface area contributed by atoms with Crippen LogP contribution in [0.2, 0.25) is 0 Å². The van der Waals surface area contributed by atoms with Crippen molar-refractivity contribution in [1.82, 2.24) is 9.97 Å². The second kappa shape index (κ2) is 7.65. The van der Waals surface area contributed by atoms with Crippen molar-refractivity contribution in [3.8, 4) is 0 Å². The Morgan fingerprint density at radius 3 is 2.53 bits per heavy atom. The molecule has 0 aromatic carbocycles. The van der Waals surface area contributed by atoms with Crippen molar-refractivity contribution in [2.24, 2.45) is 0 Å². The summed E-state index contributed by atoms with van der Waals surface area (Å²) in [6, 6.07) is 0. The van der Waals surface area contributed by atoms with Gasteiger partial charge in [-0.3, -0.25) is 0 Å². The topological polar surface area (TPSA) is 70.1 Å². The molecule has 1 heterocycles. The fraction of sp³-hybridized carbons (Fsp3) is 0.692. The van der Waals surface area contributed by atoms with Gasteiger partial charge in [-0.25, -0.2) is 4.98 Å². The van der Waals surface area contributed by atoms with E-state index in [0.717, 1.165) is 30.3 Å². The first-order valence-corrected chi connectivity index (χ1v) is 7.55. The number of nitrogens with one attached hydrogen (secondary N) is 2. The van der Waals surface area contributed by atoms with Crippen LogP contribution < -0.4 is 10.6 Å². The Hall–Kier alpha value is -0.880. The van der Waals surface area contributed by atoms with Crippen LogP contribution in [-0.2, 0) is 0 Å². The number of anilines is 2. The lowest BCUT2D eigenvalue weighted by molar-refractivity contribution is 0.202. The molecule has 5 nitrogen and oxygen atoms in total. The van der Waals surface area contributed by atoms with Gasteiger partial charge in [-0.1, -0.05) is 20.8 Å². The zero-order chi connectivity index (χ0) is 14.3. The normalized spacial score (nSPS) is 11.4. The van der Waals surface area contributed by atoms with E-state index in [4.69, 9.17) is 0 Å². The molecule has 0 atom stereocenters. The molecule has 0 aliphatic rings. The molecule has 3 N–H and O–H groups in total. The van der Waals surface area contributed by atoms with Gasteiger partial charge in [-0.2, -0.15) is 4.98 Å². The van der Waals surface area contributed by atoms with Crippen LogP contribution in [0.1, 0.15) is 40.0 Å². The number of aliphatic hydroxyl groups is 1. The van der Waals surface area contributed by atoms with Gasteiger partial charge in [0.05, 0.1) is 16.6 Å². The van der Waals surface area contributed by atoms with E-state index in [1.807, 2.05) is 0 Å². The van der Waals surface area contributed by atoms with Crippen LogP contribution in [0.4, 0.5) is 11.8 Å². The maximum absolute atomic E-state index is 9.60. The number of hydrogen-bond acceptors (Lipinski definition) is 5. The average Bonchev–Trinajstić information content (AvgIpc) is 2.45. The van der Waals surface area contributed by atoms with Crippen LogP contribution in [0, 0.1) is 0 Å². The SMILES string of the molecule is CCCNc1ncc(Br)c(NC(CC)(CC)CO)n1. The lowest BCUT2D eigenvalue weighted by Gasteiger charge is -2.31. The molecule has 19 heavy (non-hydrogen) atoms. The number of aromatic nitrogens is 2. The standard InChI is InChI=1S/C13H23BrN4O/c1-4-7-15-12-16-8-10(14)11(17-12)18-13(5-2,6-3)9-19/h8,19H,4-7,9H2,1-3H3,(H2,15,16,17,18). The number of rotatable bonds is 8. The van der Waals surface area contributed by atoms with Crippen molar-refractivity contribution >= 4 is 27.7 Å². The zero-order valence-corrected chi connectivity index (χ0v) is 13.4. The molecule has 1 aromatic heterocycles. The van der Waals surface area contributed by atoms with Crippen molar-refractivity contribution in [1.29, 1.82) is 0 Å². The Morgan fingerprint density at radius 2 is 2.00 bits per heavy atom. The third-order valence-corrected chi connectivity index (χ3v) is 3.90. The largest absolute Gasteiger partial charge is 0.394 e. The highest BCUT2D eigenvalue weighted by Gasteiger charge is 2.26. The number of aliphatic hydroxyl groups excluding tert-OH is 1. The van der Waals surface area contributed by atoms with Gasteiger partial charge in [0.2, 0.25) is 5.95 Å². The van der Waals surface area contributed by atoms with E-state index in [2.05, 4.69) is 57.3 Å². The first-order valence-electron chi connectivity index (χ1n) is 6.76. The summed E-state index contributed by atoms with van der Waals surface area (Å²) >= 11 is 3.44. The monoisotopic (exact) mass is 330 g/mol. The molecular weight excluding hydrogens is 308 g/mol. The van der Waals surface area contributed by atoms with Crippen LogP contribution in [0.15, 0.2) is 10.7 Å². The molecule has 0 saturated carbocycles. The lowest BCUT2D eigenvalue weighted by atomic mass is 9.94. The summed E-state index contributed by atoms with van der Waals surface area (Å²) in [5, 5.41) is 16.1. The highest BCUT2D eigenvalue weighted by atomic mass is 79.9. The van der Waals surface area contributed by atoms with Gasteiger partial charge < -0.3 is 15.7 Å². The lowest BCUT2D eigenvalue weighted by Crippen LogP contribution is -2.41. The Bertz CT molecular complexity index is 388. The summed E-state index contributed by atoms with van der Waals surface area (Å²) in [4.78, 5) is 8.66. The van der Waals surface area contributed by atoms with Crippen LogP contribution in [0.3, 0.4) is 0 Å². The van der Waals surface area contributed by atoms with Gasteiger partial charge >= 0.3 is 0 Å². The Balaban J connectivity index is 2.92. The highest BCUT2D eigenvalue weighted by Crippen LogP contribution is 2.26. The Morgan fingerprint density at radius 1 is 1.32 bits per heavy atom. The van der Waals surface area contributed by atoms with Crippen LogP contribution >= 0.6 is 15.9 Å². The van der Waals surface area contributed by atoms with Crippen LogP contribution in [0.25, 0.3) is 0 Å². The third-order valence-electron chi connectivity index (χ3n) is 3.32. The van der Waals surface area contributed by atoms with Crippen molar-refractivity contribution in [3.05, 3.63) is 10.7 Å². The van der Waals surface area contributed by atoms with Gasteiger partial charge in [0.25, 0.3) is 0 Å². The smallest absolute Gasteiger partial charge is 0.224 e. The molecule has 1 aromatic rings. The fourth-order valence-corrected chi connectivity index (χ4v) is 2.01. The van der Waals surface area contributed by atoms with E-state index >= 15 is 0 Å². The second-order valence-corrected chi connectivity index (χ2v) is 5.44. The summed E-state index contributed by atoms with van der Waals surface area (Å²) in [6.07, 6.45) is 4.40. The van der Waals surface area contributed by atoms with Crippen molar-refractivity contribution in [2.45, 2.75) is 45.6 Å². The predicted molar refractivity (Wildman–Crippen MR) is 82.5 cm³/mol. The van der Waals surface area contributed by atoms with Crippen LogP contribution in [0.5, 0.6) is 0 Å². The van der Waals surface area contributed by atoms with E-state index in [1.54, 1.807) is 6.20 Å². The molecule has 108 valence electrons. The van der Waals surface area contributed by atoms with E-state index in [9.17, 15) is 5.11 Å². The van der Waals surface area contributed by atoms with Gasteiger partial charge in [0.1, 0.15) is 5.82 Å². The molecule has 0 amide bonds. The third kappa shape index (κ3) is 4.31. The summed E-state index contributed by atoms with van der Waals surface area (Å²) in [5.41, 5.74) is -0.334. The van der Waals surface area contributed by atoms with E-state index in [1.165, 1.54) is 0 Å². The molecule has 0 aliphatic heterocycles. The summed E-state index contributed by atoms with van der Waals surface area (Å²) in [5.74, 6) is 1.32. The van der Waals surface area contributed by atoms with Crippen molar-refractivity contribution in [3.63, 3.8) is 0 Å². The molecular formula is C13H23BrN4O. The molecule has 6 heteroatoms. The zero-order valence-electron chi connectivity index (χ0n) is 11.8. The minimum absolute atomic E-state index is 0.0775. The Labute approximate surface area is 123 Å². The molecule has 0 aliphatic carbocycles. The maximum atomic E-state index is 9.60. The summed E-state index contributed by atoms with van der Waals surface area (Å²) in [7, 11) is 0. The minimum atomic E-state index is -0.334. The average molecular weight is 331 g/mol. The molecule has 0 saturated heterocycles. The first kappa shape index (κ1) is 16.2. The molecule has 0 unspecified atom stereocenters. The molecule has 0 fully saturated rings. The number of nitrogens with zero attached hydrogens (tertiary/aromatic N) is 2. The van der Waals surface area contributed by atoms with E-state index in [-0.39, 0.29) is 12.1 Å². The van der Waals surface area contributed by atoms with Gasteiger partial charge in [-0.15, -0.1) is 0 Å². The molecule has 1 rings (SSSR count). The fourth-order valence-electron chi connectivity index (χ4n) is 1.72. The van der Waals surface area contributed by atoms with Gasteiger partial charge in [0, 0.05) is 12.7 Å². The van der Waals surface area contributed by atoms with E-state index in [0.29, 0.717) is 11.8 Å². The highest BCUT2D eigenvalue weighted by molar-refractivity contribution is 9.10. The van der Waals surface area contributed by atoms with Gasteiger partial charge in [-0.05, 0) is 35.2 Å². The summed E-state index contributed by atoms with van der Waals surface area (Å²) in [6.45, 7) is 7.12. The molecule has 0 radical (unpaired) electrons. The maximum Gasteiger partial charge on any atom is 0.224 e. The molecule has 0 bridgehead atoms. The van der Waals surface area contributed by atoms with E-state index < -0.39 is 0 Å². The number of halogens is 1. The predicted octanol–water partition coefficient (Wildman–Crippen LogP) is 3.02. The number of hydrogen-bond donors (Lipinski definition) is 3. The van der Waals surface area contributed by atoms with Crippen molar-refractivity contribution < 1.29 is 5.11 Å². The summed E-state index contributed by atoms with van der Waals surface area (Å²) < 4.78 is 0.800. The van der Waals surface area contributed by atoms with Crippen LogP contribution in [-0.4, -0.2) is 33.8 Å². The second-order valence-electron chi connectivity index (χ2n) is 4.59.